The summed E-state index contributed by atoms with van der Waals surface area (Å²) in [6, 6.07) is -0.0152. The lowest BCUT2D eigenvalue weighted by molar-refractivity contribution is 0.0485. The number of nitrogens with zero attached hydrogens (tertiary/aromatic N) is 3. The van der Waals surface area contributed by atoms with E-state index in [1.165, 1.54) is 10.6 Å². The Hall–Kier alpha value is -0.820. The number of halogens is 1. The molecule has 0 radical (unpaired) electrons. The van der Waals surface area contributed by atoms with Gasteiger partial charge in [0.05, 0.1) is 6.26 Å². The van der Waals surface area contributed by atoms with E-state index in [1.807, 2.05) is 32.7 Å². The standard InChI is InChI=1S/C20H41N5O4S.HI/c1-15(2)17(23-19(26)29-20(3,4)5)10-11-24(7)18(21-6)22-13-16-9-12-25(14-16)30(8,27)28;/h15-17H,9-14H2,1-8H3,(H,21,22)(H,23,26);1H. The van der Waals surface area contributed by atoms with E-state index in [9.17, 15) is 13.2 Å². The topological polar surface area (TPSA) is 103 Å². The molecule has 1 saturated heterocycles. The zero-order valence-corrected chi connectivity index (χ0v) is 23.4. The van der Waals surface area contributed by atoms with Crippen LogP contribution in [0.4, 0.5) is 4.79 Å². The van der Waals surface area contributed by atoms with Crippen LogP contribution in [-0.2, 0) is 14.8 Å². The highest BCUT2D eigenvalue weighted by molar-refractivity contribution is 14.0. The van der Waals surface area contributed by atoms with E-state index >= 15 is 0 Å². The van der Waals surface area contributed by atoms with Crippen molar-refractivity contribution in [3.8, 4) is 0 Å². The lowest BCUT2D eigenvalue weighted by Gasteiger charge is -2.29. The highest BCUT2D eigenvalue weighted by Crippen LogP contribution is 2.18. The fourth-order valence-corrected chi connectivity index (χ4v) is 4.27. The minimum Gasteiger partial charge on any atom is -0.444 e. The van der Waals surface area contributed by atoms with Gasteiger partial charge in [-0.05, 0) is 45.4 Å². The molecule has 1 amide bonds. The Morgan fingerprint density at radius 2 is 1.94 bits per heavy atom. The second-order valence-electron chi connectivity index (χ2n) is 9.41. The second-order valence-corrected chi connectivity index (χ2v) is 11.4. The molecule has 0 bridgehead atoms. The van der Waals surface area contributed by atoms with Gasteiger partial charge in [0.15, 0.2) is 5.96 Å². The fourth-order valence-electron chi connectivity index (χ4n) is 3.36. The molecule has 1 fully saturated rings. The van der Waals surface area contributed by atoms with Crippen LogP contribution in [0.15, 0.2) is 4.99 Å². The summed E-state index contributed by atoms with van der Waals surface area (Å²) in [5, 5.41) is 6.32. The van der Waals surface area contributed by atoms with Crippen LogP contribution in [-0.4, -0.2) is 87.8 Å². The highest BCUT2D eigenvalue weighted by atomic mass is 127. The summed E-state index contributed by atoms with van der Waals surface area (Å²) in [6.45, 7) is 12.2. The molecule has 184 valence electrons. The van der Waals surface area contributed by atoms with Gasteiger partial charge in [-0.3, -0.25) is 4.99 Å². The van der Waals surface area contributed by atoms with E-state index in [0.717, 1.165) is 18.8 Å². The number of carbonyl (C=O) groups excluding carboxylic acids is 1. The van der Waals surface area contributed by atoms with E-state index in [0.29, 0.717) is 26.2 Å². The summed E-state index contributed by atoms with van der Waals surface area (Å²) in [5.74, 6) is 1.29. The average molecular weight is 576 g/mol. The molecule has 2 atom stereocenters. The normalized spacial score (nSPS) is 19.0. The summed E-state index contributed by atoms with van der Waals surface area (Å²) in [4.78, 5) is 18.5. The van der Waals surface area contributed by atoms with Gasteiger partial charge in [-0.15, -0.1) is 24.0 Å². The number of carbonyl (C=O) groups is 1. The first kappa shape index (κ1) is 30.2. The van der Waals surface area contributed by atoms with Gasteiger partial charge in [-0.2, -0.15) is 0 Å². The largest absolute Gasteiger partial charge is 0.444 e. The SMILES string of the molecule is CN=C(NCC1CCN(S(C)(=O)=O)C1)N(C)CCC(NC(=O)OC(C)(C)C)C(C)C.I. The van der Waals surface area contributed by atoms with Crippen LogP contribution in [0.2, 0.25) is 0 Å². The minimum absolute atomic E-state index is 0. The number of nitrogens with one attached hydrogen (secondary N) is 2. The zero-order chi connectivity index (χ0) is 23.1. The van der Waals surface area contributed by atoms with Crippen molar-refractivity contribution < 1.29 is 17.9 Å². The molecule has 31 heavy (non-hydrogen) atoms. The molecule has 0 aliphatic carbocycles. The van der Waals surface area contributed by atoms with Crippen molar-refractivity contribution in [1.82, 2.24) is 19.8 Å². The minimum atomic E-state index is -3.12. The summed E-state index contributed by atoms with van der Waals surface area (Å²) in [5.41, 5.74) is -0.526. The van der Waals surface area contributed by atoms with Crippen molar-refractivity contribution in [1.29, 1.82) is 0 Å². The number of hydrogen-bond donors (Lipinski definition) is 2. The molecule has 0 aromatic rings. The van der Waals surface area contributed by atoms with E-state index in [2.05, 4.69) is 29.5 Å². The predicted molar refractivity (Wildman–Crippen MR) is 137 cm³/mol. The lowest BCUT2D eigenvalue weighted by atomic mass is 10.0. The Morgan fingerprint density at radius 1 is 1.32 bits per heavy atom. The maximum Gasteiger partial charge on any atom is 0.407 e. The molecule has 0 aromatic heterocycles. The molecule has 0 aromatic carbocycles. The van der Waals surface area contributed by atoms with Crippen molar-refractivity contribution in [3.05, 3.63) is 0 Å². The van der Waals surface area contributed by atoms with Gasteiger partial charge in [0, 0.05) is 46.3 Å². The van der Waals surface area contributed by atoms with Crippen LogP contribution in [0.5, 0.6) is 0 Å². The number of ether oxygens (including phenoxy) is 1. The Kier molecular flexibility index (Phi) is 12.7. The quantitative estimate of drug-likeness (QED) is 0.262. The van der Waals surface area contributed by atoms with E-state index in [4.69, 9.17) is 4.74 Å². The third kappa shape index (κ3) is 11.6. The van der Waals surface area contributed by atoms with Gasteiger partial charge in [0.1, 0.15) is 5.60 Å². The highest BCUT2D eigenvalue weighted by Gasteiger charge is 2.28. The number of aliphatic imine (C=N–C) groups is 1. The summed E-state index contributed by atoms with van der Waals surface area (Å²) in [7, 11) is 0.564. The molecule has 11 heteroatoms. The maximum atomic E-state index is 12.1. The van der Waals surface area contributed by atoms with Crippen LogP contribution in [0.3, 0.4) is 0 Å². The number of sulfonamides is 1. The third-order valence-corrected chi connectivity index (χ3v) is 6.39. The van der Waals surface area contributed by atoms with Crippen molar-refractivity contribution in [3.63, 3.8) is 0 Å². The molecule has 1 aliphatic rings. The van der Waals surface area contributed by atoms with E-state index < -0.39 is 21.7 Å². The molecule has 1 heterocycles. The Balaban J connectivity index is 0.00000900. The summed E-state index contributed by atoms with van der Waals surface area (Å²) in [6.07, 6.45) is 2.45. The smallest absolute Gasteiger partial charge is 0.407 e. The fraction of sp³-hybridized carbons (Fsp3) is 0.900. The number of hydrogen-bond acceptors (Lipinski definition) is 5. The predicted octanol–water partition coefficient (Wildman–Crippen LogP) is 2.33. The molecule has 2 unspecified atom stereocenters. The van der Waals surface area contributed by atoms with Crippen molar-refractivity contribution >= 4 is 46.1 Å². The first-order valence-electron chi connectivity index (χ1n) is 10.6. The number of rotatable bonds is 8. The number of alkyl carbamates (subject to hydrolysis) is 1. The van der Waals surface area contributed by atoms with Gasteiger partial charge in [0.25, 0.3) is 0 Å². The summed E-state index contributed by atoms with van der Waals surface area (Å²) >= 11 is 0. The van der Waals surface area contributed by atoms with E-state index in [-0.39, 0.29) is 41.9 Å². The van der Waals surface area contributed by atoms with Gasteiger partial charge in [-0.1, -0.05) is 13.8 Å². The Morgan fingerprint density at radius 3 is 2.39 bits per heavy atom. The van der Waals surface area contributed by atoms with E-state index in [1.54, 1.807) is 7.05 Å². The van der Waals surface area contributed by atoms with Crippen LogP contribution in [0.25, 0.3) is 0 Å². The molecule has 1 rings (SSSR count). The molecular weight excluding hydrogens is 533 g/mol. The first-order valence-corrected chi connectivity index (χ1v) is 12.4. The molecule has 0 saturated carbocycles. The van der Waals surface area contributed by atoms with Gasteiger partial charge < -0.3 is 20.3 Å². The molecule has 9 nitrogen and oxygen atoms in total. The Labute approximate surface area is 205 Å². The summed E-state index contributed by atoms with van der Waals surface area (Å²) < 4.78 is 30.3. The van der Waals surface area contributed by atoms with Gasteiger partial charge >= 0.3 is 6.09 Å². The van der Waals surface area contributed by atoms with Crippen LogP contribution in [0, 0.1) is 11.8 Å². The number of guanidine groups is 1. The van der Waals surface area contributed by atoms with Crippen LogP contribution in [0.1, 0.15) is 47.5 Å². The zero-order valence-electron chi connectivity index (χ0n) is 20.3. The molecule has 1 aliphatic heterocycles. The van der Waals surface area contributed by atoms with Gasteiger partial charge in [-0.25, -0.2) is 17.5 Å². The number of amides is 1. The monoisotopic (exact) mass is 575 g/mol. The van der Waals surface area contributed by atoms with Crippen LogP contribution >= 0.6 is 24.0 Å². The third-order valence-electron chi connectivity index (χ3n) is 5.12. The molecule has 2 N–H and O–H groups in total. The lowest BCUT2D eigenvalue weighted by Crippen LogP contribution is -2.46. The average Bonchev–Trinajstić information content (AvgIpc) is 3.06. The van der Waals surface area contributed by atoms with Crippen LogP contribution < -0.4 is 10.6 Å². The molecule has 0 spiro atoms. The first-order chi connectivity index (χ1) is 13.7. The molecular formula is C20H42IN5O4S. The maximum absolute atomic E-state index is 12.1. The second kappa shape index (κ2) is 13.0. The van der Waals surface area contributed by atoms with Crippen molar-refractivity contribution in [2.24, 2.45) is 16.8 Å². The van der Waals surface area contributed by atoms with Gasteiger partial charge in [0.2, 0.25) is 10.0 Å². The van der Waals surface area contributed by atoms with Crippen molar-refractivity contribution in [2.45, 2.75) is 59.1 Å². The Bertz CT molecular complexity index is 694. The van der Waals surface area contributed by atoms with Crippen molar-refractivity contribution in [2.75, 3.05) is 46.5 Å².